The average molecular weight is 316 g/mol. The van der Waals surface area contributed by atoms with E-state index in [9.17, 15) is 5.21 Å². The van der Waals surface area contributed by atoms with E-state index in [1.54, 1.807) is 0 Å². The van der Waals surface area contributed by atoms with Crippen LogP contribution < -0.4 is 0 Å². The van der Waals surface area contributed by atoms with Crippen LogP contribution in [0.15, 0.2) is 52.7 Å². The molecule has 3 aliphatic rings. The van der Waals surface area contributed by atoms with Crippen LogP contribution in [0, 0.1) is 0 Å². The first kappa shape index (κ1) is 13.6. The van der Waals surface area contributed by atoms with Crippen LogP contribution in [-0.2, 0) is 4.74 Å². The van der Waals surface area contributed by atoms with Gasteiger partial charge in [-0.05, 0) is 35.4 Å². The van der Waals surface area contributed by atoms with Crippen molar-refractivity contribution in [1.82, 2.24) is 0 Å². The Balaban J connectivity index is 1.92. The molecule has 3 aliphatic heterocycles. The second-order valence-electron chi connectivity index (χ2n) is 5.58. The predicted molar refractivity (Wildman–Crippen MR) is 84.9 cm³/mol. The minimum Gasteiger partial charge on any atom is -0.486 e. The number of rotatable bonds is 1. The fourth-order valence-corrected chi connectivity index (χ4v) is 3.44. The summed E-state index contributed by atoms with van der Waals surface area (Å²) in [5.74, 6) is 0.799. The Kier molecular flexibility index (Phi) is 3.26. The van der Waals surface area contributed by atoms with Crippen molar-refractivity contribution in [2.75, 3.05) is 13.2 Å². The van der Waals surface area contributed by atoms with Gasteiger partial charge in [0.15, 0.2) is 11.5 Å². The van der Waals surface area contributed by atoms with Gasteiger partial charge in [-0.25, -0.2) is 0 Å². The highest BCUT2D eigenvalue weighted by molar-refractivity contribution is 6.47. The van der Waals surface area contributed by atoms with Crippen molar-refractivity contribution >= 4 is 23.0 Å². The van der Waals surface area contributed by atoms with Crippen molar-refractivity contribution in [3.05, 3.63) is 58.3 Å². The maximum atomic E-state index is 10.8. The summed E-state index contributed by atoms with van der Waals surface area (Å²) in [5, 5.41) is 11.5. The second-order valence-corrected chi connectivity index (χ2v) is 6.02. The van der Waals surface area contributed by atoms with E-state index in [1.807, 2.05) is 36.4 Å². The van der Waals surface area contributed by atoms with Crippen molar-refractivity contribution in [3.8, 4) is 0 Å². The number of benzene rings is 1. The Morgan fingerprint density at radius 3 is 3.14 bits per heavy atom. The SMILES string of the molecule is O[N+]1=C2CCCN=C2C2=C(C=CCO2)C1c1cccc(Cl)c1. The number of hydrogen-bond acceptors (Lipinski definition) is 3. The van der Waals surface area contributed by atoms with E-state index in [1.165, 1.54) is 4.74 Å². The number of halogens is 1. The molecule has 3 heterocycles. The van der Waals surface area contributed by atoms with Crippen LogP contribution in [0.1, 0.15) is 24.4 Å². The van der Waals surface area contributed by atoms with Crippen LogP contribution in [0.2, 0.25) is 5.02 Å². The van der Waals surface area contributed by atoms with Crippen molar-refractivity contribution in [2.24, 2.45) is 4.99 Å². The Morgan fingerprint density at radius 2 is 2.27 bits per heavy atom. The highest BCUT2D eigenvalue weighted by atomic mass is 35.5. The zero-order chi connectivity index (χ0) is 15.1. The van der Waals surface area contributed by atoms with Crippen molar-refractivity contribution in [2.45, 2.75) is 18.9 Å². The Hall–Kier alpha value is -2.07. The highest BCUT2D eigenvalue weighted by Crippen LogP contribution is 2.36. The molecule has 0 bridgehead atoms. The summed E-state index contributed by atoms with van der Waals surface area (Å²) in [4.78, 5) is 4.57. The maximum absolute atomic E-state index is 10.8. The van der Waals surface area contributed by atoms with Gasteiger partial charge in [0, 0.05) is 23.6 Å². The average Bonchev–Trinajstić information content (AvgIpc) is 2.55. The molecule has 4 nitrogen and oxygen atoms in total. The fraction of sp³-hybridized carbons (Fsp3) is 0.294. The van der Waals surface area contributed by atoms with E-state index in [-0.39, 0.29) is 6.04 Å². The lowest BCUT2D eigenvalue weighted by Crippen LogP contribution is -2.39. The number of hydroxylamine groups is 1. The van der Waals surface area contributed by atoms with Crippen LogP contribution in [0.4, 0.5) is 0 Å². The summed E-state index contributed by atoms with van der Waals surface area (Å²) < 4.78 is 7.19. The Morgan fingerprint density at radius 1 is 1.36 bits per heavy atom. The summed E-state index contributed by atoms with van der Waals surface area (Å²) in [6.45, 7) is 1.32. The third kappa shape index (κ3) is 2.06. The van der Waals surface area contributed by atoms with E-state index in [2.05, 4.69) is 4.99 Å². The quantitative estimate of drug-likeness (QED) is 0.638. The largest absolute Gasteiger partial charge is 0.486 e. The molecule has 4 rings (SSSR count). The minimum atomic E-state index is -0.308. The van der Waals surface area contributed by atoms with E-state index < -0.39 is 0 Å². The molecular formula is C17H16ClN2O2+. The van der Waals surface area contributed by atoms with Gasteiger partial charge >= 0.3 is 0 Å². The molecule has 1 N–H and O–H groups in total. The summed E-state index contributed by atoms with van der Waals surface area (Å²) >= 11 is 6.13. The number of allylic oxidation sites excluding steroid dienone is 1. The summed E-state index contributed by atoms with van der Waals surface area (Å²) in [6, 6.07) is 7.27. The van der Waals surface area contributed by atoms with Gasteiger partial charge in [-0.1, -0.05) is 23.7 Å². The molecule has 112 valence electrons. The zero-order valence-corrected chi connectivity index (χ0v) is 12.8. The van der Waals surface area contributed by atoms with E-state index in [0.29, 0.717) is 11.6 Å². The smallest absolute Gasteiger partial charge is 0.257 e. The molecule has 0 saturated carbocycles. The van der Waals surface area contributed by atoms with E-state index in [4.69, 9.17) is 16.3 Å². The molecule has 1 aromatic carbocycles. The van der Waals surface area contributed by atoms with Crippen LogP contribution in [-0.4, -0.2) is 34.5 Å². The van der Waals surface area contributed by atoms with Crippen molar-refractivity contribution < 1.29 is 14.7 Å². The van der Waals surface area contributed by atoms with Gasteiger partial charge in [0.05, 0.1) is 5.57 Å². The Labute approximate surface area is 133 Å². The predicted octanol–water partition coefficient (Wildman–Crippen LogP) is 3.31. The molecule has 1 unspecified atom stereocenters. The zero-order valence-electron chi connectivity index (χ0n) is 12.0. The molecule has 0 amide bonds. The maximum Gasteiger partial charge on any atom is 0.257 e. The second kappa shape index (κ2) is 5.29. The van der Waals surface area contributed by atoms with E-state index in [0.717, 1.165) is 47.7 Å². The normalized spacial score (nSPS) is 23.7. The van der Waals surface area contributed by atoms with Gasteiger partial charge in [-0.3, -0.25) is 10.2 Å². The standard InChI is InChI=1S/C17H16ClN2O2/c18-12-5-1-4-11(10-12)16-13-6-3-9-22-17(13)15-14(20(16)21)7-2-8-19-15/h1,3-6,10,16,21H,2,7-9H2/q+1. The van der Waals surface area contributed by atoms with Crippen LogP contribution >= 0.6 is 11.6 Å². The molecular weight excluding hydrogens is 300 g/mol. The molecule has 0 spiro atoms. The monoisotopic (exact) mass is 315 g/mol. The molecule has 0 fully saturated rings. The first-order chi connectivity index (χ1) is 10.8. The van der Waals surface area contributed by atoms with E-state index >= 15 is 0 Å². The summed E-state index contributed by atoms with van der Waals surface area (Å²) in [7, 11) is 0. The van der Waals surface area contributed by atoms with Gasteiger partial charge in [0.1, 0.15) is 6.61 Å². The van der Waals surface area contributed by atoms with Crippen molar-refractivity contribution in [3.63, 3.8) is 0 Å². The van der Waals surface area contributed by atoms with Gasteiger partial charge in [0.25, 0.3) is 11.8 Å². The molecule has 0 saturated heterocycles. The molecule has 5 heteroatoms. The summed E-state index contributed by atoms with van der Waals surface area (Å²) in [5.41, 5.74) is 3.51. The van der Waals surface area contributed by atoms with Crippen LogP contribution in [0.3, 0.4) is 0 Å². The van der Waals surface area contributed by atoms with Crippen LogP contribution in [0.25, 0.3) is 0 Å². The Bertz CT molecular complexity index is 762. The number of hydrogen-bond donors (Lipinski definition) is 1. The molecule has 0 aromatic heterocycles. The van der Waals surface area contributed by atoms with Gasteiger partial charge in [-0.15, -0.1) is 0 Å². The molecule has 1 aromatic rings. The third-order valence-corrected chi connectivity index (χ3v) is 4.43. The first-order valence-electron chi connectivity index (χ1n) is 7.44. The lowest BCUT2D eigenvalue weighted by Gasteiger charge is -2.27. The topological polar surface area (TPSA) is 44.8 Å². The highest BCUT2D eigenvalue weighted by Gasteiger charge is 2.44. The molecule has 22 heavy (non-hydrogen) atoms. The van der Waals surface area contributed by atoms with Gasteiger partial charge < -0.3 is 4.74 Å². The number of aliphatic imine (C=N–C) groups is 1. The van der Waals surface area contributed by atoms with Gasteiger partial charge in [0.2, 0.25) is 0 Å². The van der Waals surface area contributed by atoms with Gasteiger partial charge in [-0.2, -0.15) is 0 Å². The summed E-state index contributed by atoms with van der Waals surface area (Å²) in [6.07, 6.45) is 5.72. The molecule has 0 aliphatic carbocycles. The number of nitrogens with zero attached hydrogens (tertiary/aromatic N) is 2. The fourth-order valence-electron chi connectivity index (χ4n) is 3.24. The van der Waals surface area contributed by atoms with Crippen LogP contribution in [0.5, 0.6) is 0 Å². The number of ether oxygens (including phenoxy) is 1. The third-order valence-electron chi connectivity index (χ3n) is 4.19. The van der Waals surface area contributed by atoms with Crippen molar-refractivity contribution in [1.29, 1.82) is 0 Å². The number of fused-ring (bicyclic) bond motifs is 2. The minimum absolute atomic E-state index is 0.308. The molecule has 1 atom stereocenters. The lowest BCUT2D eigenvalue weighted by atomic mass is 9.89. The first-order valence-corrected chi connectivity index (χ1v) is 7.81. The lowest BCUT2D eigenvalue weighted by molar-refractivity contribution is -0.799. The molecule has 0 radical (unpaired) electrons.